The number of rotatable bonds is 2. The van der Waals surface area contributed by atoms with Gasteiger partial charge in [-0.2, -0.15) is 0 Å². The SMILES string of the molecule is Cc1sc2ccccc2c1-c1oc2c(-c3cc(C(C)(C)C)c4ccccc4c3)nccc2c1C. The molecule has 0 aliphatic carbocycles. The molecule has 168 valence electrons. The third-order valence-electron chi connectivity index (χ3n) is 6.80. The van der Waals surface area contributed by atoms with Gasteiger partial charge in [0.1, 0.15) is 11.5 Å². The molecule has 34 heavy (non-hydrogen) atoms. The molecule has 3 aromatic heterocycles. The standard InChI is InChI=1S/C31H27NOS/c1-18-22-14-15-32-28(21-16-20-10-6-7-11-23(20)25(17-21)31(3,4)5)30(22)33-29(18)27-19(2)34-26-13-9-8-12-24(26)27/h6-17H,1-5H3. The van der Waals surface area contributed by atoms with E-state index in [4.69, 9.17) is 9.40 Å². The van der Waals surface area contributed by atoms with Crippen LogP contribution in [-0.2, 0) is 5.41 Å². The van der Waals surface area contributed by atoms with Crippen LogP contribution in [0.15, 0.2) is 77.3 Å². The first-order valence-electron chi connectivity index (χ1n) is 11.7. The van der Waals surface area contributed by atoms with Gasteiger partial charge < -0.3 is 4.42 Å². The monoisotopic (exact) mass is 461 g/mol. The van der Waals surface area contributed by atoms with Crippen molar-refractivity contribution >= 4 is 43.2 Å². The predicted molar refractivity (Wildman–Crippen MR) is 146 cm³/mol. The molecule has 0 fully saturated rings. The van der Waals surface area contributed by atoms with Crippen LogP contribution in [0.5, 0.6) is 0 Å². The Bertz CT molecular complexity index is 1710. The van der Waals surface area contributed by atoms with Crippen LogP contribution in [0.1, 0.15) is 36.8 Å². The number of fused-ring (bicyclic) bond motifs is 3. The van der Waals surface area contributed by atoms with Gasteiger partial charge in [-0.15, -0.1) is 11.3 Å². The normalized spacial score (nSPS) is 12.3. The molecule has 0 saturated carbocycles. The topological polar surface area (TPSA) is 26.0 Å². The molecule has 0 aliphatic heterocycles. The van der Waals surface area contributed by atoms with Gasteiger partial charge in [0.15, 0.2) is 5.58 Å². The van der Waals surface area contributed by atoms with E-state index >= 15 is 0 Å². The zero-order valence-electron chi connectivity index (χ0n) is 20.2. The van der Waals surface area contributed by atoms with Crippen molar-refractivity contribution in [2.45, 2.75) is 40.0 Å². The maximum Gasteiger partial charge on any atom is 0.161 e. The third-order valence-corrected chi connectivity index (χ3v) is 7.88. The molecular formula is C31H27NOS. The molecule has 0 bridgehead atoms. The summed E-state index contributed by atoms with van der Waals surface area (Å²) in [6, 6.07) is 23.8. The average molecular weight is 462 g/mol. The van der Waals surface area contributed by atoms with Crippen molar-refractivity contribution in [3.8, 4) is 22.6 Å². The van der Waals surface area contributed by atoms with Gasteiger partial charge in [-0.3, -0.25) is 4.98 Å². The number of benzene rings is 3. The van der Waals surface area contributed by atoms with Crippen LogP contribution < -0.4 is 0 Å². The van der Waals surface area contributed by atoms with Crippen molar-refractivity contribution in [2.75, 3.05) is 0 Å². The van der Waals surface area contributed by atoms with Crippen molar-refractivity contribution in [3.05, 3.63) is 88.9 Å². The van der Waals surface area contributed by atoms with Crippen LogP contribution in [0.4, 0.5) is 0 Å². The van der Waals surface area contributed by atoms with E-state index in [9.17, 15) is 0 Å². The minimum atomic E-state index is 0.0143. The molecule has 0 atom stereocenters. The van der Waals surface area contributed by atoms with Crippen molar-refractivity contribution < 1.29 is 4.42 Å². The van der Waals surface area contributed by atoms with Gasteiger partial charge in [0.05, 0.1) is 0 Å². The van der Waals surface area contributed by atoms with Crippen molar-refractivity contribution in [1.82, 2.24) is 4.98 Å². The van der Waals surface area contributed by atoms with E-state index in [0.717, 1.165) is 28.0 Å². The first-order chi connectivity index (χ1) is 16.3. The molecular weight excluding hydrogens is 434 g/mol. The van der Waals surface area contributed by atoms with Gasteiger partial charge in [0.2, 0.25) is 0 Å². The summed E-state index contributed by atoms with van der Waals surface area (Å²) in [5, 5.41) is 4.90. The van der Waals surface area contributed by atoms with E-state index in [2.05, 4.69) is 101 Å². The van der Waals surface area contributed by atoms with Gasteiger partial charge in [-0.1, -0.05) is 63.2 Å². The van der Waals surface area contributed by atoms with Gasteiger partial charge in [-0.05, 0) is 59.9 Å². The minimum absolute atomic E-state index is 0.0143. The second kappa shape index (κ2) is 7.54. The first-order valence-corrected chi connectivity index (χ1v) is 12.5. The fraction of sp³-hybridized carbons (Fsp3) is 0.194. The molecule has 0 saturated heterocycles. The van der Waals surface area contributed by atoms with Crippen molar-refractivity contribution in [3.63, 3.8) is 0 Å². The molecule has 2 nitrogen and oxygen atoms in total. The molecule has 0 aliphatic rings. The summed E-state index contributed by atoms with van der Waals surface area (Å²) in [5.41, 5.74) is 6.57. The second-order valence-corrected chi connectivity index (χ2v) is 11.4. The maximum atomic E-state index is 6.70. The van der Waals surface area contributed by atoms with Gasteiger partial charge in [0.25, 0.3) is 0 Å². The number of nitrogens with zero attached hydrogens (tertiary/aromatic N) is 1. The van der Waals surface area contributed by atoms with Crippen LogP contribution in [-0.4, -0.2) is 4.98 Å². The van der Waals surface area contributed by atoms with E-state index in [1.807, 2.05) is 17.5 Å². The van der Waals surface area contributed by atoms with E-state index in [0.29, 0.717) is 0 Å². The largest absolute Gasteiger partial charge is 0.453 e. The Morgan fingerprint density at radius 2 is 1.56 bits per heavy atom. The number of hydrogen-bond donors (Lipinski definition) is 0. The fourth-order valence-corrected chi connectivity index (χ4v) is 6.17. The smallest absolute Gasteiger partial charge is 0.161 e. The highest BCUT2D eigenvalue weighted by molar-refractivity contribution is 7.19. The Morgan fingerprint density at radius 1 is 0.824 bits per heavy atom. The number of thiophene rings is 1. The highest BCUT2D eigenvalue weighted by atomic mass is 32.1. The molecule has 3 heterocycles. The van der Waals surface area contributed by atoms with Crippen LogP contribution in [0.2, 0.25) is 0 Å². The second-order valence-electron chi connectivity index (χ2n) is 10.1. The van der Waals surface area contributed by atoms with E-state index in [1.54, 1.807) is 0 Å². The number of pyridine rings is 1. The quantitative estimate of drug-likeness (QED) is 0.257. The predicted octanol–water partition coefficient (Wildman–Crippen LogP) is 9.44. The van der Waals surface area contributed by atoms with Gasteiger partial charge in [0, 0.05) is 43.2 Å². The Kier molecular flexibility index (Phi) is 4.69. The first kappa shape index (κ1) is 21.1. The van der Waals surface area contributed by atoms with Crippen LogP contribution in [0.25, 0.3) is 54.4 Å². The van der Waals surface area contributed by atoms with Crippen LogP contribution in [0.3, 0.4) is 0 Å². The van der Waals surface area contributed by atoms with Crippen molar-refractivity contribution in [1.29, 1.82) is 0 Å². The fourth-order valence-electron chi connectivity index (χ4n) is 5.11. The number of furan rings is 1. The zero-order valence-corrected chi connectivity index (χ0v) is 21.0. The average Bonchev–Trinajstić information content (AvgIpc) is 3.33. The van der Waals surface area contributed by atoms with Crippen LogP contribution in [0, 0.1) is 13.8 Å². The highest BCUT2D eigenvalue weighted by Gasteiger charge is 2.23. The van der Waals surface area contributed by atoms with E-state index < -0.39 is 0 Å². The Labute approximate surface area is 203 Å². The molecule has 6 aromatic rings. The summed E-state index contributed by atoms with van der Waals surface area (Å²) >= 11 is 1.82. The summed E-state index contributed by atoms with van der Waals surface area (Å²) in [4.78, 5) is 6.11. The number of aromatic nitrogens is 1. The Morgan fingerprint density at radius 3 is 2.35 bits per heavy atom. The maximum absolute atomic E-state index is 6.70. The molecule has 3 heteroatoms. The lowest BCUT2D eigenvalue weighted by atomic mass is 9.82. The molecule has 0 N–H and O–H groups in total. The van der Waals surface area contributed by atoms with Gasteiger partial charge in [-0.25, -0.2) is 0 Å². The molecule has 0 amide bonds. The summed E-state index contributed by atoms with van der Waals surface area (Å²) in [5.74, 6) is 0.955. The Hall–Kier alpha value is -3.43. The molecule has 6 rings (SSSR count). The number of hydrogen-bond acceptors (Lipinski definition) is 3. The molecule has 0 unspecified atom stereocenters. The summed E-state index contributed by atoms with van der Waals surface area (Å²) in [6.07, 6.45) is 1.91. The molecule has 3 aromatic carbocycles. The molecule has 0 radical (unpaired) electrons. The van der Waals surface area contributed by atoms with E-state index in [1.165, 1.54) is 42.4 Å². The lowest BCUT2D eigenvalue weighted by molar-refractivity contribution is 0.596. The summed E-state index contributed by atoms with van der Waals surface area (Å²) in [7, 11) is 0. The lowest BCUT2D eigenvalue weighted by Crippen LogP contribution is -2.12. The number of aryl methyl sites for hydroxylation is 2. The zero-order chi connectivity index (χ0) is 23.6. The third kappa shape index (κ3) is 3.19. The minimum Gasteiger partial charge on any atom is -0.453 e. The summed E-state index contributed by atoms with van der Waals surface area (Å²) in [6.45, 7) is 11.2. The van der Waals surface area contributed by atoms with Crippen molar-refractivity contribution in [2.24, 2.45) is 0 Å². The Balaban J connectivity index is 1.64. The van der Waals surface area contributed by atoms with E-state index in [-0.39, 0.29) is 5.41 Å². The molecule has 0 spiro atoms. The van der Waals surface area contributed by atoms with Crippen LogP contribution >= 0.6 is 11.3 Å². The lowest BCUT2D eigenvalue weighted by Gasteiger charge is -2.22. The van der Waals surface area contributed by atoms with Gasteiger partial charge >= 0.3 is 0 Å². The highest BCUT2D eigenvalue weighted by Crippen LogP contribution is 2.44. The summed E-state index contributed by atoms with van der Waals surface area (Å²) < 4.78 is 7.99.